The largest absolute Gasteiger partial charge is 0.337 e. The summed E-state index contributed by atoms with van der Waals surface area (Å²) in [5, 5.41) is 0. The van der Waals surface area contributed by atoms with Gasteiger partial charge in [-0.1, -0.05) is 0 Å². The summed E-state index contributed by atoms with van der Waals surface area (Å²) in [6.07, 6.45) is 1.47. The number of nitrogens with zero attached hydrogens (tertiary/aromatic N) is 1. The van der Waals surface area contributed by atoms with E-state index in [0.717, 1.165) is 6.42 Å². The van der Waals surface area contributed by atoms with Crippen LogP contribution in [0.2, 0.25) is 0 Å². The molecule has 18 heavy (non-hydrogen) atoms. The molecule has 0 unspecified atom stereocenters. The fourth-order valence-electron chi connectivity index (χ4n) is 2.10. The van der Waals surface area contributed by atoms with Gasteiger partial charge in [-0.05, 0) is 12.8 Å². The normalized spacial score (nSPS) is 20.0. The Balaban J connectivity index is 2.28. The number of likely N-dealkylation sites (tertiary alicyclic amines) is 1. The van der Waals surface area contributed by atoms with Gasteiger partial charge in [0.1, 0.15) is 23.0 Å². The molecule has 0 bridgehead atoms. The van der Waals surface area contributed by atoms with E-state index in [4.69, 9.17) is 5.73 Å². The van der Waals surface area contributed by atoms with E-state index in [0.29, 0.717) is 25.1 Å². The third-order valence-corrected chi connectivity index (χ3v) is 2.97. The van der Waals surface area contributed by atoms with Gasteiger partial charge in [-0.25, -0.2) is 13.2 Å². The van der Waals surface area contributed by atoms with Crippen LogP contribution in [-0.4, -0.2) is 29.9 Å². The molecular formula is C12H13F3N2O. The second-order valence-electron chi connectivity index (χ2n) is 4.40. The number of hydrogen-bond acceptors (Lipinski definition) is 2. The maximum atomic E-state index is 13.5. The zero-order valence-corrected chi connectivity index (χ0v) is 9.63. The van der Waals surface area contributed by atoms with E-state index < -0.39 is 28.9 Å². The fourth-order valence-corrected chi connectivity index (χ4v) is 2.10. The van der Waals surface area contributed by atoms with E-state index in [9.17, 15) is 18.0 Å². The summed E-state index contributed by atoms with van der Waals surface area (Å²) in [6.45, 7) is 0.665. The molecule has 1 amide bonds. The Morgan fingerprint density at radius 2 is 1.89 bits per heavy atom. The summed E-state index contributed by atoms with van der Waals surface area (Å²) in [7, 11) is 0. The Morgan fingerprint density at radius 1 is 1.28 bits per heavy atom. The molecule has 1 aliphatic heterocycles. The van der Waals surface area contributed by atoms with Gasteiger partial charge >= 0.3 is 0 Å². The molecular weight excluding hydrogens is 245 g/mol. The molecule has 98 valence electrons. The van der Waals surface area contributed by atoms with Gasteiger partial charge < -0.3 is 10.6 Å². The smallest absolute Gasteiger partial charge is 0.259 e. The topological polar surface area (TPSA) is 46.3 Å². The Hall–Kier alpha value is -1.56. The Morgan fingerprint density at radius 3 is 2.44 bits per heavy atom. The van der Waals surface area contributed by atoms with Crippen molar-refractivity contribution in [2.45, 2.75) is 18.9 Å². The number of halogens is 3. The highest BCUT2D eigenvalue weighted by atomic mass is 19.1. The number of hydrogen-bond donors (Lipinski definition) is 1. The van der Waals surface area contributed by atoms with E-state index in [2.05, 4.69) is 0 Å². The summed E-state index contributed by atoms with van der Waals surface area (Å²) in [5.41, 5.74) is 4.98. The minimum absolute atomic E-state index is 0.186. The van der Waals surface area contributed by atoms with Crippen molar-refractivity contribution in [3.63, 3.8) is 0 Å². The molecule has 1 heterocycles. The van der Waals surface area contributed by atoms with E-state index in [1.165, 1.54) is 4.90 Å². The second-order valence-corrected chi connectivity index (χ2v) is 4.40. The highest BCUT2D eigenvalue weighted by Crippen LogP contribution is 2.19. The third-order valence-electron chi connectivity index (χ3n) is 2.97. The summed E-state index contributed by atoms with van der Waals surface area (Å²) in [5.74, 6) is -4.19. The van der Waals surface area contributed by atoms with Crippen molar-refractivity contribution in [1.82, 2.24) is 4.90 Å². The van der Waals surface area contributed by atoms with Gasteiger partial charge in [0.25, 0.3) is 5.91 Å². The maximum absolute atomic E-state index is 13.5. The van der Waals surface area contributed by atoms with Crippen LogP contribution in [0, 0.1) is 17.5 Å². The van der Waals surface area contributed by atoms with Crippen LogP contribution in [0.4, 0.5) is 13.2 Å². The van der Waals surface area contributed by atoms with Crippen molar-refractivity contribution < 1.29 is 18.0 Å². The van der Waals surface area contributed by atoms with Crippen molar-refractivity contribution in [2.24, 2.45) is 5.73 Å². The van der Waals surface area contributed by atoms with E-state index in [-0.39, 0.29) is 12.6 Å². The Kier molecular flexibility index (Phi) is 3.56. The molecule has 0 radical (unpaired) electrons. The lowest BCUT2D eigenvalue weighted by molar-refractivity contribution is 0.0698. The standard InChI is InChI=1S/C12H13F3N2O/c13-7-4-9(14)11(10(15)5-7)12(18)17-3-1-2-8(16)6-17/h4-5,8H,1-3,6,16H2/t8-/m0/s1. The number of benzene rings is 1. The molecule has 0 aliphatic carbocycles. The van der Waals surface area contributed by atoms with E-state index in [1.54, 1.807) is 0 Å². The van der Waals surface area contributed by atoms with Gasteiger partial charge in [0.2, 0.25) is 0 Å². The highest BCUT2D eigenvalue weighted by Gasteiger charge is 2.27. The van der Waals surface area contributed by atoms with Crippen molar-refractivity contribution in [2.75, 3.05) is 13.1 Å². The van der Waals surface area contributed by atoms with Crippen LogP contribution in [0.1, 0.15) is 23.2 Å². The minimum Gasteiger partial charge on any atom is -0.337 e. The maximum Gasteiger partial charge on any atom is 0.259 e. The lowest BCUT2D eigenvalue weighted by Gasteiger charge is -2.30. The predicted molar refractivity (Wildman–Crippen MR) is 59.4 cm³/mol. The third kappa shape index (κ3) is 2.48. The molecule has 1 fully saturated rings. The Labute approximate surface area is 102 Å². The van der Waals surface area contributed by atoms with Crippen LogP contribution < -0.4 is 5.73 Å². The monoisotopic (exact) mass is 258 g/mol. The molecule has 0 saturated carbocycles. The van der Waals surface area contributed by atoms with Gasteiger partial charge in [-0.2, -0.15) is 0 Å². The number of amides is 1. The summed E-state index contributed by atoms with van der Waals surface area (Å²) in [4.78, 5) is 13.3. The van der Waals surface area contributed by atoms with Crippen molar-refractivity contribution in [3.8, 4) is 0 Å². The number of rotatable bonds is 1. The van der Waals surface area contributed by atoms with Gasteiger partial charge in [0.15, 0.2) is 0 Å². The van der Waals surface area contributed by atoms with Gasteiger partial charge in [-0.15, -0.1) is 0 Å². The van der Waals surface area contributed by atoms with Crippen LogP contribution in [0.3, 0.4) is 0 Å². The van der Waals surface area contributed by atoms with E-state index in [1.807, 2.05) is 0 Å². The molecule has 1 saturated heterocycles. The van der Waals surface area contributed by atoms with Crippen molar-refractivity contribution in [3.05, 3.63) is 35.1 Å². The van der Waals surface area contributed by atoms with Crippen LogP contribution in [0.15, 0.2) is 12.1 Å². The molecule has 0 spiro atoms. The fraction of sp³-hybridized carbons (Fsp3) is 0.417. The first kappa shape index (κ1) is 12.9. The number of nitrogens with two attached hydrogens (primary N) is 1. The lowest BCUT2D eigenvalue weighted by Crippen LogP contribution is -2.46. The summed E-state index contributed by atoms with van der Waals surface area (Å²) in [6, 6.07) is 0.815. The van der Waals surface area contributed by atoms with Crippen LogP contribution in [-0.2, 0) is 0 Å². The molecule has 3 nitrogen and oxygen atoms in total. The quantitative estimate of drug-likeness (QED) is 0.832. The SMILES string of the molecule is N[C@H]1CCCN(C(=O)c2c(F)cc(F)cc2F)C1. The van der Waals surface area contributed by atoms with Crippen molar-refractivity contribution in [1.29, 1.82) is 0 Å². The zero-order valence-electron chi connectivity index (χ0n) is 9.63. The summed E-state index contributed by atoms with van der Waals surface area (Å²) >= 11 is 0. The molecule has 1 aromatic carbocycles. The number of carbonyl (C=O) groups is 1. The van der Waals surface area contributed by atoms with Crippen LogP contribution >= 0.6 is 0 Å². The molecule has 1 aliphatic rings. The molecule has 2 N–H and O–H groups in total. The minimum atomic E-state index is -1.18. The molecule has 6 heteroatoms. The first-order valence-corrected chi connectivity index (χ1v) is 5.68. The first-order chi connectivity index (χ1) is 8.49. The lowest BCUT2D eigenvalue weighted by atomic mass is 10.0. The van der Waals surface area contributed by atoms with Gasteiger partial charge in [-0.3, -0.25) is 4.79 Å². The molecule has 2 rings (SSSR count). The van der Waals surface area contributed by atoms with Gasteiger partial charge in [0.05, 0.1) is 0 Å². The second kappa shape index (κ2) is 4.97. The average molecular weight is 258 g/mol. The number of carbonyl (C=O) groups excluding carboxylic acids is 1. The van der Waals surface area contributed by atoms with Crippen LogP contribution in [0.5, 0.6) is 0 Å². The highest BCUT2D eigenvalue weighted by molar-refractivity contribution is 5.94. The predicted octanol–water partition coefficient (Wildman–Crippen LogP) is 1.67. The average Bonchev–Trinajstić information content (AvgIpc) is 2.27. The Bertz CT molecular complexity index is 455. The molecule has 1 atom stereocenters. The molecule has 1 aromatic rings. The molecule has 0 aromatic heterocycles. The summed E-state index contributed by atoms with van der Waals surface area (Å²) < 4.78 is 39.7. The van der Waals surface area contributed by atoms with Crippen molar-refractivity contribution >= 4 is 5.91 Å². The van der Waals surface area contributed by atoms with Gasteiger partial charge in [0, 0.05) is 31.3 Å². The van der Waals surface area contributed by atoms with E-state index >= 15 is 0 Å². The first-order valence-electron chi connectivity index (χ1n) is 5.68. The zero-order chi connectivity index (χ0) is 13.3. The number of piperidine rings is 1. The van der Waals surface area contributed by atoms with Crippen LogP contribution in [0.25, 0.3) is 0 Å².